The lowest BCUT2D eigenvalue weighted by Gasteiger charge is -2.17. The number of aryl methyl sites for hydroxylation is 2. The minimum absolute atomic E-state index is 0.0411. The van der Waals surface area contributed by atoms with E-state index in [9.17, 15) is 19.7 Å². The quantitative estimate of drug-likeness (QED) is 0.550. The fourth-order valence-corrected chi connectivity index (χ4v) is 3.72. The maximum absolute atomic E-state index is 12.7. The van der Waals surface area contributed by atoms with Crippen LogP contribution in [0.1, 0.15) is 24.5 Å². The molecule has 28 heavy (non-hydrogen) atoms. The van der Waals surface area contributed by atoms with Crippen molar-refractivity contribution in [1.29, 1.82) is 0 Å². The first-order valence-electron chi connectivity index (χ1n) is 8.94. The molecule has 0 spiro atoms. The van der Waals surface area contributed by atoms with Gasteiger partial charge in [0.25, 0.3) is 5.69 Å². The molecule has 1 saturated heterocycles. The molecule has 0 radical (unpaired) electrons. The number of hydrogen-bond acceptors (Lipinski definition) is 4. The minimum atomic E-state index is -0.513. The fourth-order valence-electron chi connectivity index (χ4n) is 3.31. The fraction of sp³-hybridized carbons (Fsp3) is 0.300. The first-order valence-corrected chi connectivity index (χ1v) is 9.74. The largest absolute Gasteiger partial charge is 0.326 e. The third kappa shape index (κ3) is 4.06. The summed E-state index contributed by atoms with van der Waals surface area (Å²) in [5.74, 6) is -0.958. The molecule has 8 heteroatoms. The number of nitro groups is 1. The zero-order chi connectivity index (χ0) is 20.4. The van der Waals surface area contributed by atoms with Crippen molar-refractivity contribution in [2.24, 2.45) is 5.92 Å². The number of rotatable bonds is 5. The van der Waals surface area contributed by atoms with Gasteiger partial charge in [0.15, 0.2) is 0 Å². The summed E-state index contributed by atoms with van der Waals surface area (Å²) in [6.45, 7) is 3.85. The van der Waals surface area contributed by atoms with Gasteiger partial charge in [-0.15, -0.1) is 0 Å². The Morgan fingerprint density at radius 1 is 1.32 bits per heavy atom. The number of nitrogens with zero attached hydrogens (tertiary/aromatic N) is 2. The number of carbonyl (C=O) groups excluding carboxylic acids is 2. The molecular formula is C20H20BrN3O4. The Morgan fingerprint density at radius 2 is 2.07 bits per heavy atom. The van der Waals surface area contributed by atoms with Crippen molar-refractivity contribution < 1.29 is 14.5 Å². The van der Waals surface area contributed by atoms with Crippen LogP contribution in [0.25, 0.3) is 0 Å². The van der Waals surface area contributed by atoms with Crippen LogP contribution in [0.2, 0.25) is 0 Å². The highest BCUT2D eigenvalue weighted by molar-refractivity contribution is 9.10. The van der Waals surface area contributed by atoms with E-state index >= 15 is 0 Å². The van der Waals surface area contributed by atoms with E-state index < -0.39 is 10.8 Å². The van der Waals surface area contributed by atoms with Crippen LogP contribution < -0.4 is 10.2 Å². The Bertz CT molecular complexity index is 960. The number of nitro benzene ring substituents is 1. The average molecular weight is 446 g/mol. The van der Waals surface area contributed by atoms with Gasteiger partial charge in [-0.1, -0.05) is 28.9 Å². The highest BCUT2D eigenvalue weighted by atomic mass is 79.9. The molecule has 0 aliphatic carbocycles. The number of amides is 2. The summed E-state index contributed by atoms with van der Waals surface area (Å²) in [5.41, 5.74) is 2.65. The van der Waals surface area contributed by atoms with Gasteiger partial charge in [0.2, 0.25) is 11.8 Å². The predicted molar refractivity (Wildman–Crippen MR) is 110 cm³/mol. The van der Waals surface area contributed by atoms with Crippen LogP contribution in [0.15, 0.2) is 40.9 Å². The number of hydrogen-bond donors (Lipinski definition) is 1. The van der Waals surface area contributed by atoms with Crippen molar-refractivity contribution in [1.82, 2.24) is 0 Å². The van der Waals surface area contributed by atoms with Crippen LogP contribution in [0.4, 0.5) is 17.1 Å². The molecule has 7 nitrogen and oxygen atoms in total. The van der Waals surface area contributed by atoms with E-state index in [1.165, 1.54) is 11.0 Å². The van der Waals surface area contributed by atoms with Crippen LogP contribution in [0, 0.1) is 23.0 Å². The molecule has 2 aromatic carbocycles. The molecule has 146 valence electrons. The summed E-state index contributed by atoms with van der Waals surface area (Å²) >= 11 is 3.42. The third-order valence-electron chi connectivity index (χ3n) is 4.90. The monoisotopic (exact) mass is 445 g/mol. The Morgan fingerprint density at radius 3 is 2.75 bits per heavy atom. The second kappa shape index (κ2) is 8.10. The van der Waals surface area contributed by atoms with Gasteiger partial charge in [-0.25, -0.2) is 0 Å². The Balaban J connectivity index is 1.77. The number of carbonyl (C=O) groups is 2. The van der Waals surface area contributed by atoms with E-state index in [0.717, 1.165) is 22.1 Å². The number of anilines is 2. The minimum Gasteiger partial charge on any atom is -0.326 e. The maximum atomic E-state index is 12.7. The Kier molecular flexibility index (Phi) is 5.79. The van der Waals surface area contributed by atoms with Crippen molar-refractivity contribution in [2.75, 3.05) is 16.8 Å². The molecule has 0 bridgehead atoms. The first-order chi connectivity index (χ1) is 13.3. The Labute approximate surface area is 171 Å². The van der Waals surface area contributed by atoms with Gasteiger partial charge < -0.3 is 10.2 Å². The van der Waals surface area contributed by atoms with Crippen molar-refractivity contribution in [2.45, 2.75) is 26.7 Å². The van der Waals surface area contributed by atoms with Gasteiger partial charge in [0.1, 0.15) is 0 Å². The highest BCUT2D eigenvalue weighted by Gasteiger charge is 2.36. The lowest BCUT2D eigenvalue weighted by atomic mass is 10.1. The lowest BCUT2D eigenvalue weighted by Crippen LogP contribution is -2.28. The molecule has 1 fully saturated rings. The van der Waals surface area contributed by atoms with Crippen LogP contribution in [0.5, 0.6) is 0 Å². The molecule has 3 rings (SSSR count). The Hall–Kier alpha value is -2.74. The summed E-state index contributed by atoms with van der Waals surface area (Å²) in [7, 11) is 0. The summed E-state index contributed by atoms with van der Waals surface area (Å²) < 4.78 is 0.936. The average Bonchev–Trinajstić information content (AvgIpc) is 3.05. The molecular weight excluding hydrogens is 426 g/mol. The SMILES string of the molecule is CCc1cc(Br)ccc1NC(=O)[C@H]1CC(=O)N(c2ccc(C)c([N+](=O)[O-])c2)C1. The highest BCUT2D eigenvalue weighted by Crippen LogP contribution is 2.31. The van der Waals surface area contributed by atoms with Crippen LogP contribution in [-0.2, 0) is 16.0 Å². The van der Waals surface area contributed by atoms with Gasteiger partial charge in [-0.05, 0) is 43.2 Å². The molecule has 0 saturated carbocycles. The van der Waals surface area contributed by atoms with E-state index in [2.05, 4.69) is 21.2 Å². The smallest absolute Gasteiger partial charge is 0.274 e. The second-order valence-corrected chi connectivity index (χ2v) is 7.69. The van der Waals surface area contributed by atoms with Crippen LogP contribution in [0.3, 0.4) is 0 Å². The van der Waals surface area contributed by atoms with Crippen molar-refractivity contribution in [3.8, 4) is 0 Å². The van der Waals surface area contributed by atoms with E-state index in [4.69, 9.17) is 0 Å². The zero-order valence-corrected chi connectivity index (χ0v) is 17.2. The second-order valence-electron chi connectivity index (χ2n) is 6.78. The molecule has 0 unspecified atom stereocenters. The van der Waals surface area contributed by atoms with E-state index in [1.54, 1.807) is 19.1 Å². The van der Waals surface area contributed by atoms with Gasteiger partial charge in [-0.3, -0.25) is 19.7 Å². The molecule has 0 aromatic heterocycles. The van der Waals surface area contributed by atoms with Crippen molar-refractivity contribution >= 4 is 44.8 Å². The van der Waals surface area contributed by atoms with E-state index in [1.807, 2.05) is 25.1 Å². The normalized spacial score (nSPS) is 16.3. The zero-order valence-electron chi connectivity index (χ0n) is 15.6. The van der Waals surface area contributed by atoms with Gasteiger partial charge in [-0.2, -0.15) is 0 Å². The van der Waals surface area contributed by atoms with Crippen LogP contribution >= 0.6 is 15.9 Å². The van der Waals surface area contributed by atoms with Crippen LogP contribution in [-0.4, -0.2) is 23.3 Å². The van der Waals surface area contributed by atoms with Crippen molar-refractivity contribution in [3.05, 3.63) is 62.1 Å². The van der Waals surface area contributed by atoms with Gasteiger partial charge in [0.05, 0.1) is 16.5 Å². The van der Waals surface area contributed by atoms with Gasteiger partial charge >= 0.3 is 0 Å². The standard InChI is InChI=1S/C20H20BrN3O4/c1-3-13-8-15(21)5-7-17(13)22-20(26)14-9-19(25)23(11-14)16-6-4-12(2)18(10-16)24(27)28/h4-8,10,14H,3,9,11H2,1-2H3,(H,22,26)/t14-/m0/s1. The molecule has 2 aromatic rings. The predicted octanol–water partition coefficient (Wildman–Crippen LogP) is 4.22. The van der Waals surface area contributed by atoms with Crippen molar-refractivity contribution in [3.63, 3.8) is 0 Å². The van der Waals surface area contributed by atoms with E-state index in [-0.39, 0.29) is 30.5 Å². The number of nitrogens with one attached hydrogen (secondary N) is 1. The maximum Gasteiger partial charge on any atom is 0.274 e. The molecule has 1 N–H and O–H groups in total. The number of benzene rings is 2. The third-order valence-corrected chi connectivity index (χ3v) is 5.40. The summed E-state index contributed by atoms with van der Waals surface area (Å²) in [6.07, 6.45) is 0.837. The topological polar surface area (TPSA) is 92.6 Å². The van der Waals surface area contributed by atoms with E-state index in [0.29, 0.717) is 11.3 Å². The molecule has 2 amide bonds. The first kappa shape index (κ1) is 20.0. The molecule has 1 heterocycles. The molecule has 1 aliphatic rings. The van der Waals surface area contributed by atoms with Gasteiger partial charge in [0, 0.05) is 34.8 Å². The summed E-state index contributed by atoms with van der Waals surface area (Å²) in [5, 5.41) is 14.1. The molecule has 1 aliphatic heterocycles. The summed E-state index contributed by atoms with van der Waals surface area (Å²) in [6, 6.07) is 10.3. The summed E-state index contributed by atoms with van der Waals surface area (Å²) in [4.78, 5) is 37.3. The lowest BCUT2D eigenvalue weighted by molar-refractivity contribution is -0.385. The number of halogens is 1. The molecule has 1 atom stereocenters.